The van der Waals surface area contributed by atoms with Crippen LogP contribution in [0.25, 0.3) is 16.7 Å². The average molecular weight is 424 g/mol. The second kappa shape index (κ2) is 7.38. The van der Waals surface area contributed by atoms with Gasteiger partial charge in [0.1, 0.15) is 5.76 Å². The highest BCUT2D eigenvalue weighted by molar-refractivity contribution is 7.98. The number of benzene rings is 1. The Bertz CT molecular complexity index is 1340. The number of hydrogen-bond donors (Lipinski definition) is 0. The third-order valence-electron chi connectivity index (χ3n) is 4.41. The maximum atomic E-state index is 13.1. The second-order valence-electron chi connectivity index (χ2n) is 6.37. The summed E-state index contributed by atoms with van der Waals surface area (Å²) in [6.07, 6.45) is 7.11. The minimum Gasteiger partial charge on any atom is -0.467 e. The van der Waals surface area contributed by atoms with Crippen molar-refractivity contribution in [3.05, 3.63) is 88.1 Å². The molecule has 0 atom stereocenters. The summed E-state index contributed by atoms with van der Waals surface area (Å²) in [6, 6.07) is 10.6. The number of imidazole rings is 1. The number of rotatable bonds is 5. The SMILES string of the molecule is O=c1c2ccc(Cl)cc2nc(SCc2cn3cccnc3n2)n1Cc1ccco1. The molecule has 0 amide bonds. The van der Waals surface area contributed by atoms with Crippen LogP contribution in [0, 0.1) is 0 Å². The van der Waals surface area contributed by atoms with Crippen LogP contribution < -0.4 is 5.56 Å². The van der Waals surface area contributed by atoms with Gasteiger partial charge in [0.05, 0.1) is 29.4 Å². The number of furan rings is 1. The molecule has 0 aliphatic carbocycles. The molecule has 0 bridgehead atoms. The first-order valence-electron chi connectivity index (χ1n) is 8.81. The Morgan fingerprint density at radius 1 is 1.17 bits per heavy atom. The summed E-state index contributed by atoms with van der Waals surface area (Å²) in [7, 11) is 0. The lowest BCUT2D eigenvalue weighted by atomic mass is 10.2. The van der Waals surface area contributed by atoms with Gasteiger partial charge < -0.3 is 4.42 Å². The van der Waals surface area contributed by atoms with Crippen LogP contribution in [0.5, 0.6) is 0 Å². The predicted molar refractivity (Wildman–Crippen MR) is 111 cm³/mol. The summed E-state index contributed by atoms with van der Waals surface area (Å²) in [5.74, 6) is 1.86. The monoisotopic (exact) mass is 423 g/mol. The normalized spacial score (nSPS) is 11.5. The molecule has 4 aromatic heterocycles. The van der Waals surface area contributed by atoms with Gasteiger partial charge in [-0.05, 0) is 36.4 Å². The van der Waals surface area contributed by atoms with Gasteiger partial charge in [-0.3, -0.25) is 13.8 Å². The molecule has 0 radical (unpaired) electrons. The Balaban J connectivity index is 1.55. The molecule has 7 nitrogen and oxygen atoms in total. The molecule has 0 aliphatic rings. The van der Waals surface area contributed by atoms with Crippen LogP contribution in [-0.4, -0.2) is 23.9 Å². The number of halogens is 1. The number of aromatic nitrogens is 5. The van der Waals surface area contributed by atoms with Gasteiger partial charge in [0.2, 0.25) is 5.78 Å². The van der Waals surface area contributed by atoms with Crippen LogP contribution in [0.3, 0.4) is 0 Å². The highest BCUT2D eigenvalue weighted by Gasteiger charge is 2.14. The molecule has 144 valence electrons. The number of fused-ring (bicyclic) bond motifs is 2. The number of hydrogen-bond acceptors (Lipinski definition) is 6. The van der Waals surface area contributed by atoms with Gasteiger partial charge in [0.25, 0.3) is 5.56 Å². The van der Waals surface area contributed by atoms with E-state index in [1.807, 2.05) is 28.9 Å². The van der Waals surface area contributed by atoms with E-state index in [4.69, 9.17) is 21.0 Å². The zero-order valence-corrected chi connectivity index (χ0v) is 16.6. The second-order valence-corrected chi connectivity index (χ2v) is 7.75. The lowest BCUT2D eigenvalue weighted by molar-refractivity contribution is 0.476. The summed E-state index contributed by atoms with van der Waals surface area (Å²) in [5, 5.41) is 1.63. The van der Waals surface area contributed by atoms with E-state index in [0.717, 1.165) is 5.69 Å². The van der Waals surface area contributed by atoms with Gasteiger partial charge in [-0.1, -0.05) is 23.4 Å². The summed E-state index contributed by atoms with van der Waals surface area (Å²) in [6.45, 7) is 0.298. The summed E-state index contributed by atoms with van der Waals surface area (Å²) < 4.78 is 8.92. The topological polar surface area (TPSA) is 78.2 Å². The van der Waals surface area contributed by atoms with Gasteiger partial charge in [0.15, 0.2) is 5.16 Å². The van der Waals surface area contributed by atoms with Crippen LogP contribution in [0.15, 0.2) is 75.6 Å². The molecule has 0 saturated heterocycles. The molecule has 1 aromatic carbocycles. The number of thioether (sulfide) groups is 1. The van der Waals surface area contributed by atoms with E-state index < -0.39 is 0 Å². The van der Waals surface area contributed by atoms with Crippen molar-refractivity contribution in [2.75, 3.05) is 0 Å². The van der Waals surface area contributed by atoms with Crippen molar-refractivity contribution >= 4 is 40.0 Å². The van der Waals surface area contributed by atoms with E-state index in [1.165, 1.54) is 11.8 Å². The standard InChI is InChI=1S/C20H14ClN5O2S/c21-13-4-5-16-17(9-13)24-20(26(18(16)27)11-15-3-1-8-28-15)29-12-14-10-25-7-2-6-22-19(25)23-14/h1-10H,11-12H2. The van der Waals surface area contributed by atoms with Gasteiger partial charge >= 0.3 is 0 Å². The highest BCUT2D eigenvalue weighted by atomic mass is 35.5. The smallest absolute Gasteiger partial charge is 0.262 e. The van der Waals surface area contributed by atoms with Gasteiger partial charge in [-0.15, -0.1) is 0 Å². The Labute approximate surface area is 174 Å². The van der Waals surface area contributed by atoms with Crippen LogP contribution in [0.2, 0.25) is 5.02 Å². The van der Waals surface area contributed by atoms with Crippen LogP contribution in [0.4, 0.5) is 0 Å². The molecule has 0 saturated carbocycles. The van der Waals surface area contributed by atoms with Gasteiger partial charge in [-0.2, -0.15) is 0 Å². The fraction of sp³-hybridized carbons (Fsp3) is 0.100. The van der Waals surface area contributed by atoms with E-state index in [0.29, 0.717) is 44.9 Å². The minimum atomic E-state index is -0.137. The van der Waals surface area contributed by atoms with E-state index in [1.54, 1.807) is 41.3 Å². The van der Waals surface area contributed by atoms with Crippen molar-refractivity contribution in [1.82, 2.24) is 23.9 Å². The zero-order chi connectivity index (χ0) is 19.8. The Hall–Kier alpha value is -3.10. The first-order chi connectivity index (χ1) is 14.2. The van der Waals surface area contributed by atoms with Crippen molar-refractivity contribution in [1.29, 1.82) is 0 Å². The quantitative estimate of drug-likeness (QED) is 0.314. The molecular weight excluding hydrogens is 410 g/mol. The lowest BCUT2D eigenvalue weighted by Gasteiger charge is -2.12. The Morgan fingerprint density at radius 2 is 2.10 bits per heavy atom. The fourth-order valence-corrected chi connectivity index (χ4v) is 4.12. The lowest BCUT2D eigenvalue weighted by Crippen LogP contribution is -2.23. The summed E-state index contributed by atoms with van der Waals surface area (Å²) in [5.41, 5.74) is 1.28. The van der Waals surface area contributed by atoms with Crippen molar-refractivity contribution in [3.8, 4) is 0 Å². The molecule has 0 aliphatic heterocycles. The Morgan fingerprint density at radius 3 is 2.93 bits per heavy atom. The van der Waals surface area contributed by atoms with Crippen molar-refractivity contribution < 1.29 is 4.42 Å². The molecule has 0 fully saturated rings. The fourth-order valence-electron chi connectivity index (χ4n) is 3.07. The van der Waals surface area contributed by atoms with Crippen molar-refractivity contribution in [2.24, 2.45) is 0 Å². The highest BCUT2D eigenvalue weighted by Crippen LogP contribution is 2.24. The van der Waals surface area contributed by atoms with Gasteiger partial charge in [-0.25, -0.2) is 15.0 Å². The minimum absolute atomic E-state index is 0.137. The average Bonchev–Trinajstić information content (AvgIpc) is 3.37. The third-order valence-corrected chi connectivity index (χ3v) is 5.66. The number of nitrogens with zero attached hydrogens (tertiary/aromatic N) is 5. The molecule has 0 N–H and O–H groups in total. The van der Waals surface area contributed by atoms with Crippen LogP contribution in [0.1, 0.15) is 11.5 Å². The maximum absolute atomic E-state index is 13.1. The molecular formula is C20H14ClN5O2S. The van der Waals surface area contributed by atoms with E-state index in [-0.39, 0.29) is 5.56 Å². The summed E-state index contributed by atoms with van der Waals surface area (Å²) in [4.78, 5) is 26.6. The third kappa shape index (κ3) is 3.52. The molecule has 29 heavy (non-hydrogen) atoms. The first kappa shape index (κ1) is 18.0. The molecule has 9 heteroatoms. The maximum Gasteiger partial charge on any atom is 0.262 e. The van der Waals surface area contributed by atoms with Crippen LogP contribution in [-0.2, 0) is 12.3 Å². The van der Waals surface area contributed by atoms with E-state index in [2.05, 4.69) is 9.97 Å². The Kier molecular flexibility index (Phi) is 4.57. The van der Waals surface area contributed by atoms with Crippen molar-refractivity contribution in [3.63, 3.8) is 0 Å². The largest absolute Gasteiger partial charge is 0.467 e. The van der Waals surface area contributed by atoms with E-state index >= 15 is 0 Å². The van der Waals surface area contributed by atoms with Crippen molar-refractivity contribution in [2.45, 2.75) is 17.5 Å². The molecule has 5 aromatic rings. The van der Waals surface area contributed by atoms with Gasteiger partial charge in [0, 0.05) is 29.4 Å². The summed E-state index contributed by atoms with van der Waals surface area (Å²) >= 11 is 7.54. The van der Waals surface area contributed by atoms with Crippen LogP contribution >= 0.6 is 23.4 Å². The molecule has 0 unspecified atom stereocenters. The predicted octanol–water partition coefficient (Wildman–Crippen LogP) is 4.03. The van der Waals surface area contributed by atoms with E-state index in [9.17, 15) is 4.79 Å². The molecule has 0 spiro atoms. The molecule has 5 rings (SSSR count). The first-order valence-corrected chi connectivity index (χ1v) is 10.2. The zero-order valence-electron chi connectivity index (χ0n) is 15.0. The molecule has 4 heterocycles.